The highest BCUT2D eigenvalue weighted by Gasteiger charge is 2.17. The molecule has 1 aromatic carbocycles. The number of rotatable bonds is 3. The largest absolute Gasteiger partial charge is 0.356 e. The number of nitrogens with one attached hydrogen (secondary N) is 1. The van der Waals surface area contributed by atoms with Gasteiger partial charge in [0.25, 0.3) is 5.91 Å². The predicted octanol–water partition coefficient (Wildman–Crippen LogP) is 4.88. The van der Waals surface area contributed by atoms with Crippen molar-refractivity contribution in [1.29, 1.82) is 0 Å². The Morgan fingerprint density at radius 3 is 2.75 bits per heavy atom. The first-order valence-corrected chi connectivity index (χ1v) is 8.76. The van der Waals surface area contributed by atoms with Crippen molar-refractivity contribution in [3.8, 4) is 0 Å². The molecule has 1 atom stereocenters. The van der Waals surface area contributed by atoms with Gasteiger partial charge in [-0.25, -0.2) is 4.98 Å². The summed E-state index contributed by atoms with van der Waals surface area (Å²) >= 11 is 11.8. The molecule has 1 amide bonds. The molecule has 4 nitrogen and oxygen atoms in total. The molecule has 126 valence electrons. The Balaban J connectivity index is 1.67. The Hall–Kier alpha value is -1.78. The van der Waals surface area contributed by atoms with Crippen LogP contribution in [0.4, 0.5) is 11.5 Å². The summed E-state index contributed by atoms with van der Waals surface area (Å²) in [5.41, 5.74) is 1.11. The number of amides is 1. The van der Waals surface area contributed by atoms with Crippen molar-refractivity contribution >= 4 is 40.6 Å². The summed E-state index contributed by atoms with van der Waals surface area (Å²) in [6.45, 7) is 4.33. The van der Waals surface area contributed by atoms with Crippen molar-refractivity contribution in [2.75, 3.05) is 23.3 Å². The Labute approximate surface area is 151 Å². The first kappa shape index (κ1) is 17.1. The highest BCUT2D eigenvalue weighted by molar-refractivity contribution is 6.42. The van der Waals surface area contributed by atoms with Gasteiger partial charge in [-0.15, -0.1) is 0 Å². The van der Waals surface area contributed by atoms with Crippen LogP contribution in [0.3, 0.4) is 0 Å². The van der Waals surface area contributed by atoms with Crippen LogP contribution in [0.1, 0.15) is 30.1 Å². The number of pyridine rings is 1. The number of benzene rings is 1. The second kappa shape index (κ2) is 7.41. The average Bonchev–Trinajstić information content (AvgIpc) is 2.58. The maximum atomic E-state index is 12.3. The van der Waals surface area contributed by atoms with Crippen LogP contribution < -0.4 is 10.2 Å². The first-order chi connectivity index (χ1) is 11.5. The second-order valence-electron chi connectivity index (χ2n) is 6.18. The Bertz CT molecular complexity index is 734. The van der Waals surface area contributed by atoms with Gasteiger partial charge in [0, 0.05) is 18.7 Å². The van der Waals surface area contributed by atoms with Crippen LogP contribution in [-0.2, 0) is 0 Å². The number of carbonyl (C=O) groups excluding carboxylic acids is 1. The molecule has 24 heavy (non-hydrogen) atoms. The van der Waals surface area contributed by atoms with Gasteiger partial charge < -0.3 is 10.2 Å². The lowest BCUT2D eigenvalue weighted by atomic mass is 10.0. The van der Waals surface area contributed by atoms with Crippen LogP contribution in [0.5, 0.6) is 0 Å². The van der Waals surface area contributed by atoms with Crippen molar-refractivity contribution in [3.63, 3.8) is 0 Å². The molecule has 2 heterocycles. The molecule has 0 bridgehead atoms. The van der Waals surface area contributed by atoms with E-state index in [4.69, 9.17) is 23.2 Å². The van der Waals surface area contributed by atoms with Crippen LogP contribution in [0.2, 0.25) is 10.0 Å². The summed E-state index contributed by atoms with van der Waals surface area (Å²) in [5.74, 6) is 1.40. The number of piperidine rings is 1. The maximum absolute atomic E-state index is 12.3. The molecule has 6 heteroatoms. The van der Waals surface area contributed by atoms with Crippen molar-refractivity contribution in [2.24, 2.45) is 5.92 Å². The van der Waals surface area contributed by atoms with Crippen molar-refractivity contribution in [1.82, 2.24) is 4.98 Å². The lowest BCUT2D eigenvalue weighted by Gasteiger charge is -2.31. The van der Waals surface area contributed by atoms with Gasteiger partial charge in [0.05, 0.1) is 21.9 Å². The van der Waals surface area contributed by atoms with Crippen LogP contribution in [0, 0.1) is 5.92 Å². The highest BCUT2D eigenvalue weighted by atomic mass is 35.5. The van der Waals surface area contributed by atoms with Gasteiger partial charge in [0.1, 0.15) is 5.82 Å². The number of hydrogen-bond donors (Lipinski definition) is 1. The molecular formula is C18H19Cl2N3O. The Morgan fingerprint density at radius 1 is 1.25 bits per heavy atom. The number of halogens is 2. The minimum Gasteiger partial charge on any atom is -0.356 e. The van der Waals surface area contributed by atoms with Gasteiger partial charge in [-0.1, -0.05) is 30.1 Å². The van der Waals surface area contributed by atoms with E-state index >= 15 is 0 Å². The monoisotopic (exact) mass is 363 g/mol. The van der Waals surface area contributed by atoms with Gasteiger partial charge in [-0.2, -0.15) is 0 Å². The second-order valence-corrected chi connectivity index (χ2v) is 7.00. The van der Waals surface area contributed by atoms with E-state index in [-0.39, 0.29) is 5.91 Å². The summed E-state index contributed by atoms with van der Waals surface area (Å²) in [7, 11) is 0. The standard InChI is InChI=1S/C18H19Cl2N3O/c1-12-3-2-8-23(11-12)17-7-5-14(10-21-17)22-18(24)13-4-6-15(19)16(20)9-13/h4-7,9-10,12H,2-3,8,11H2,1H3,(H,22,24). The minimum atomic E-state index is -0.241. The third-order valence-electron chi connectivity index (χ3n) is 4.17. The summed E-state index contributed by atoms with van der Waals surface area (Å²) in [5, 5.41) is 3.61. The minimum absolute atomic E-state index is 0.241. The average molecular weight is 364 g/mol. The van der Waals surface area contributed by atoms with E-state index in [1.165, 1.54) is 12.8 Å². The SMILES string of the molecule is CC1CCCN(c2ccc(NC(=O)c3ccc(Cl)c(Cl)c3)cn2)C1. The number of aromatic nitrogens is 1. The molecule has 1 unspecified atom stereocenters. The quantitative estimate of drug-likeness (QED) is 0.845. The van der Waals surface area contributed by atoms with Gasteiger partial charge >= 0.3 is 0 Å². The van der Waals surface area contributed by atoms with Gasteiger partial charge in [0.15, 0.2) is 0 Å². The summed E-state index contributed by atoms with van der Waals surface area (Å²) in [4.78, 5) is 19.0. The smallest absolute Gasteiger partial charge is 0.255 e. The molecule has 0 saturated carbocycles. The number of hydrogen-bond acceptors (Lipinski definition) is 3. The predicted molar refractivity (Wildman–Crippen MR) is 99.3 cm³/mol. The van der Waals surface area contributed by atoms with Crippen LogP contribution in [0.15, 0.2) is 36.5 Å². The van der Waals surface area contributed by atoms with Crippen molar-refractivity contribution in [2.45, 2.75) is 19.8 Å². The molecule has 0 aliphatic carbocycles. The molecule has 3 rings (SSSR count). The van der Waals surface area contributed by atoms with Gasteiger partial charge in [-0.05, 0) is 49.1 Å². The zero-order chi connectivity index (χ0) is 17.1. The van der Waals surface area contributed by atoms with E-state index in [2.05, 4.69) is 22.1 Å². The number of anilines is 2. The molecule has 1 aromatic heterocycles. The molecule has 1 fully saturated rings. The highest BCUT2D eigenvalue weighted by Crippen LogP contribution is 2.24. The fraction of sp³-hybridized carbons (Fsp3) is 0.333. The zero-order valence-electron chi connectivity index (χ0n) is 13.4. The van der Waals surface area contributed by atoms with Crippen molar-refractivity contribution in [3.05, 3.63) is 52.1 Å². The third-order valence-corrected chi connectivity index (χ3v) is 4.91. The fourth-order valence-electron chi connectivity index (χ4n) is 2.89. The molecule has 1 aliphatic rings. The topological polar surface area (TPSA) is 45.2 Å². The summed E-state index contributed by atoms with van der Waals surface area (Å²) in [6, 6.07) is 8.62. The van der Waals surface area contributed by atoms with E-state index in [1.54, 1.807) is 24.4 Å². The van der Waals surface area contributed by atoms with E-state index < -0.39 is 0 Å². The number of carbonyl (C=O) groups is 1. The van der Waals surface area contributed by atoms with Crippen LogP contribution in [0.25, 0.3) is 0 Å². The molecule has 1 saturated heterocycles. The Kier molecular flexibility index (Phi) is 5.27. The third kappa shape index (κ3) is 4.00. The van der Waals surface area contributed by atoms with E-state index in [0.717, 1.165) is 18.9 Å². The molecule has 1 N–H and O–H groups in total. The molecule has 2 aromatic rings. The summed E-state index contributed by atoms with van der Waals surface area (Å²) in [6.07, 6.45) is 4.15. The molecule has 1 aliphatic heterocycles. The molecule has 0 radical (unpaired) electrons. The molecule has 0 spiro atoms. The normalized spacial score (nSPS) is 17.6. The van der Waals surface area contributed by atoms with Gasteiger partial charge in [0.2, 0.25) is 0 Å². The number of nitrogens with zero attached hydrogens (tertiary/aromatic N) is 2. The zero-order valence-corrected chi connectivity index (χ0v) is 14.9. The maximum Gasteiger partial charge on any atom is 0.255 e. The van der Waals surface area contributed by atoms with Crippen molar-refractivity contribution < 1.29 is 4.79 Å². The Morgan fingerprint density at radius 2 is 2.08 bits per heavy atom. The molecular weight excluding hydrogens is 345 g/mol. The lowest BCUT2D eigenvalue weighted by Crippen LogP contribution is -2.34. The van der Waals surface area contributed by atoms with E-state index in [1.807, 2.05) is 12.1 Å². The van der Waals surface area contributed by atoms with Crippen LogP contribution >= 0.6 is 23.2 Å². The van der Waals surface area contributed by atoms with E-state index in [0.29, 0.717) is 27.2 Å². The van der Waals surface area contributed by atoms with E-state index in [9.17, 15) is 4.79 Å². The lowest BCUT2D eigenvalue weighted by molar-refractivity contribution is 0.102. The van der Waals surface area contributed by atoms with Crippen LogP contribution in [-0.4, -0.2) is 24.0 Å². The van der Waals surface area contributed by atoms with Gasteiger partial charge in [-0.3, -0.25) is 4.79 Å². The summed E-state index contributed by atoms with van der Waals surface area (Å²) < 4.78 is 0. The fourth-order valence-corrected chi connectivity index (χ4v) is 3.18. The first-order valence-electron chi connectivity index (χ1n) is 8.00.